The number of likely N-dealkylation sites (N-methyl/N-ethyl adjacent to an activating group) is 1. The summed E-state index contributed by atoms with van der Waals surface area (Å²) in [6.07, 6.45) is 0.380. The molecule has 2 amide bonds. The first-order chi connectivity index (χ1) is 16.1. The highest BCUT2D eigenvalue weighted by molar-refractivity contribution is 5.83. The van der Waals surface area contributed by atoms with E-state index in [4.69, 9.17) is 4.74 Å². The lowest BCUT2D eigenvalue weighted by molar-refractivity contribution is -0.150. The number of rotatable bonds is 9. The first kappa shape index (κ1) is 25.3. The van der Waals surface area contributed by atoms with Crippen molar-refractivity contribution in [1.29, 1.82) is 0 Å². The maximum atomic E-state index is 12.5. The van der Waals surface area contributed by atoms with E-state index < -0.39 is 18.1 Å². The summed E-state index contributed by atoms with van der Waals surface area (Å²) in [6.45, 7) is 6.33. The van der Waals surface area contributed by atoms with Crippen LogP contribution in [-0.4, -0.2) is 54.2 Å². The number of benzene rings is 2. The summed E-state index contributed by atoms with van der Waals surface area (Å²) in [5.41, 5.74) is 4.41. The van der Waals surface area contributed by atoms with E-state index in [0.29, 0.717) is 12.8 Å². The quantitative estimate of drug-likeness (QED) is 0.525. The predicted octanol–water partition coefficient (Wildman–Crippen LogP) is 4.65. The Morgan fingerprint density at radius 2 is 1.59 bits per heavy atom. The summed E-state index contributed by atoms with van der Waals surface area (Å²) in [4.78, 5) is 37.6. The number of carboxylic acids is 1. The van der Waals surface area contributed by atoms with Crippen molar-refractivity contribution in [3.63, 3.8) is 0 Å². The second kappa shape index (κ2) is 10.7. The van der Waals surface area contributed by atoms with Gasteiger partial charge in [0.1, 0.15) is 12.6 Å². The SMILES string of the molecule is CN(C(=O)CCCNC(=O)OCC1c2ccccc2-c2ccccc21)C(CC(C)(C)C)C(=O)O. The van der Waals surface area contributed by atoms with E-state index in [-0.39, 0.29) is 36.8 Å². The topological polar surface area (TPSA) is 95.9 Å². The molecule has 0 aliphatic heterocycles. The molecule has 2 N–H and O–H groups in total. The van der Waals surface area contributed by atoms with E-state index >= 15 is 0 Å². The molecule has 1 aliphatic rings. The third kappa shape index (κ3) is 6.16. The van der Waals surface area contributed by atoms with Crippen LogP contribution in [0.5, 0.6) is 0 Å². The molecule has 0 radical (unpaired) electrons. The predicted molar refractivity (Wildman–Crippen MR) is 131 cm³/mol. The standard InChI is InChI=1S/C27H34N2O5/c1-27(2,3)16-23(25(31)32)29(4)24(30)14-9-15-28-26(33)34-17-22-20-12-7-5-10-18(20)19-11-6-8-13-21(19)22/h5-8,10-13,22-23H,9,14-17H2,1-4H3,(H,28,33)(H,31,32). The number of hydrogen-bond donors (Lipinski definition) is 2. The molecule has 0 saturated carbocycles. The summed E-state index contributed by atoms with van der Waals surface area (Å²) < 4.78 is 5.50. The third-order valence-electron chi connectivity index (χ3n) is 6.13. The molecule has 1 aliphatic carbocycles. The molecule has 7 heteroatoms. The number of carbonyl (C=O) groups is 3. The summed E-state index contributed by atoms with van der Waals surface area (Å²) in [5.74, 6) is -1.28. The molecule has 1 atom stereocenters. The van der Waals surface area contributed by atoms with Crippen molar-refractivity contribution in [3.8, 4) is 11.1 Å². The minimum atomic E-state index is -1.01. The number of nitrogens with one attached hydrogen (secondary N) is 1. The number of fused-ring (bicyclic) bond motifs is 3. The van der Waals surface area contributed by atoms with Crippen LogP contribution in [0.1, 0.15) is 57.1 Å². The molecule has 0 bridgehead atoms. The highest BCUT2D eigenvalue weighted by Gasteiger charge is 2.31. The van der Waals surface area contributed by atoms with Gasteiger partial charge >= 0.3 is 12.1 Å². The monoisotopic (exact) mass is 466 g/mol. The Labute approximate surface area is 201 Å². The average Bonchev–Trinajstić information content (AvgIpc) is 3.11. The van der Waals surface area contributed by atoms with Crippen molar-refractivity contribution in [2.75, 3.05) is 20.2 Å². The molecule has 182 valence electrons. The molecule has 3 rings (SSSR count). The van der Waals surface area contributed by atoms with Crippen LogP contribution < -0.4 is 5.32 Å². The number of alkyl carbamates (subject to hydrolysis) is 1. The Balaban J connectivity index is 1.45. The average molecular weight is 467 g/mol. The van der Waals surface area contributed by atoms with Crippen LogP contribution in [0.3, 0.4) is 0 Å². The van der Waals surface area contributed by atoms with Gasteiger partial charge in [0.15, 0.2) is 0 Å². The van der Waals surface area contributed by atoms with Crippen LogP contribution in [0.4, 0.5) is 4.79 Å². The first-order valence-electron chi connectivity index (χ1n) is 11.7. The summed E-state index contributed by atoms with van der Waals surface area (Å²) in [5, 5.41) is 12.2. The number of ether oxygens (including phenoxy) is 1. The lowest BCUT2D eigenvalue weighted by Gasteiger charge is -2.30. The van der Waals surface area contributed by atoms with Gasteiger partial charge in [-0.15, -0.1) is 0 Å². The molecule has 0 saturated heterocycles. The van der Waals surface area contributed by atoms with Gasteiger partial charge in [0.05, 0.1) is 0 Å². The number of carbonyl (C=O) groups excluding carboxylic acids is 2. The van der Waals surface area contributed by atoms with Gasteiger partial charge in [-0.1, -0.05) is 69.3 Å². The number of aliphatic carboxylic acids is 1. The van der Waals surface area contributed by atoms with Gasteiger partial charge in [0.25, 0.3) is 0 Å². The van der Waals surface area contributed by atoms with Crippen LogP contribution in [0.2, 0.25) is 0 Å². The Morgan fingerprint density at radius 1 is 1.03 bits per heavy atom. The molecular weight excluding hydrogens is 432 g/mol. The maximum absolute atomic E-state index is 12.5. The highest BCUT2D eigenvalue weighted by Crippen LogP contribution is 2.44. The highest BCUT2D eigenvalue weighted by atomic mass is 16.5. The fraction of sp³-hybridized carbons (Fsp3) is 0.444. The summed E-state index contributed by atoms with van der Waals surface area (Å²) in [7, 11) is 1.52. The molecular formula is C27H34N2O5. The van der Waals surface area contributed by atoms with Gasteiger partial charge < -0.3 is 20.1 Å². The van der Waals surface area contributed by atoms with Crippen molar-refractivity contribution in [3.05, 3.63) is 59.7 Å². The van der Waals surface area contributed by atoms with Crippen molar-refractivity contribution in [2.45, 2.75) is 52.0 Å². The molecule has 0 spiro atoms. The fourth-order valence-corrected chi connectivity index (χ4v) is 4.40. The van der Waals surface area contributed by atoms with Crippen LogP contribution in [0.15, 0.2) is 48.5 Å². The lowest BCUT2D eigenvalue weighted by Crippen LogP contribution is -2.44. The van der Waals surface area contributed by atoms with Gasteiger partial charge in [-0.3, -0.25) is 4.79 Å². The van der Waals surface area contributed by atoms with Crippen molar-refractivity contribution < 1.29 is 24.2 Å². The molecule has 2 aromatic rings. The Hall–Kier alpha value is -3.35. The minimum Gasteiger partial charge on any atom is -0.480 e. The molecule has 0 aromatic heterocycles. The van der Waals surface area contributed by atoms with E-state index in [2.05, 4.69) is 29.6 Å². The zero-order chi connectivity index (χ0) is 24.9. The van der Waals surface area contributed by atoms with Crippen molar-refractivity contribution >= 4 is 18.0 Å². The van der Waals surface area contributed by atoms with Crippen LogP contribution in [-0.2, 0) is 14.3 Å². The maximum Gasteiger partial charge on any atom is 0.407 e. The fourth-order valence-electron chi connectivity index (χ4n) is 4.40. The van der Waals surface area contributed by atoms with E-state index in [9.17, 15) is 19.5 Å². The first-order valence-corrected chi connectivity index (χ1v) is 11.7. The van der Waals surface area contributed by atoms with Crippen molar-refractivity contribution in [1.82, 2.24) is 10.2 Å². The van der Waals surface area contributed by atoms with Crippen molar-refractivity contribution in [2.24, 2.45) is 5.41 Å². The zero-order valence-corrected chi connectivity index (χ0v) is 20.3. The van der Waals surface area contributed by atoms with E-state index in [1.54, 1.807) is 0 Å². The van der Waals surface area contributed by atoms with E-state index in [1.807, 2.05) is 45.0 Å². The normalized spacial score (nSPS) is 13.5. The van der Waals surface area contributed by atoms with Crippen LogP contribution in [0, 0.1) is 5.41 Å². The molecule has 1 unspecified atom stereocenters. The van der Waals surface area contributed by atoms with Gasteiger partial charge in [-0.2, -0.15) is 0 Å². The number of nitrogens with zero attached hydrogens (tertiary/aromatic N) is 1. The second-order valence-electron chi connectivity index (χ2n) is 9.98. The second-order valence-corrected chi connectivity index (χ2v) is 9.98. The summed E-state index contributed by atoms with van der Waals surface area (Å²) in [6, 6.07) is 15.4. The Bertz CT molecular complexity index is 998. The van der Waals surface area contributed by atoms with Gasteiger partial charge in [-0.05, 0) is 40.5 Å². The van der Waals surface area contributed by atoms with Crippen LogP contribution >= 0.6 is 0 Å². The molecule has 0 heterocycles. The molecule has 7 nitrogen and oxygen atoms in total. The number of hydrogen-bond acceptors (Lipinski definition) is 4. The lowest BCUT2D eigenvalue weighted by atomic mass is 9.87. The van der Waals surface area contributed by atoms with Gasteiger partial charge in [-0.25, -0.2) is 9.59 Å². The smallest absolute Gasteiger partial charge is 0.407 e. The van der Waals surface area contributed by atoms with Crippen LogP contribution in [0.25, 0.3) is 11.1 Å². The van der Waals surface area contributed by atoms with Gasteiger partial charge in [0, 0.05) is 25.9 Å². The number of carboxylic acid groups (broad SMARTS) is 1. The van der Waals surface area contributed by atoms with E-state index in [0.717, 1.165) is 11.1 Å². The Morgan fingerprint density at radius 3 is 2.12 bits per heavy atom. The minimum absolute atomic E-state index is 0.0101. The molecule has 34 heavy (non-hydrogen) atoms. The largest absolute Gasteiger partial charge is 0.480 e. The Kier molecular flexibility index (Phi) is 7.97. The third-order valence-corrected chi connectivity index (χ3v) is 6.13. The zero-order valence-electron chi connectivity index (χ0n) is 20.3. The van der Waals surface area contributed by atoms with E-state index in [1.165, 1.54) is 23.1 Å². The molecule has 0 fully saturated rings. The molecule has 2 aromatic carbocycles. The van der Waals surface area contributed by atoms with Gasteiger partial charge in [0.2, 0.25) is 5.91 Å². The number of amides is 2. The summed E-state index contributed by atoms with van der Waals surface area (Å²) >= 11 is 0.